The minimum absolute atomic E-state index is 0.00743. The highest BCUT2D eigenvalue weighted by Crippen LogP contribution is 2.37. The number of thioether (sulfide) groups is 1. The molecular weight excluding hydrogens is 440 g/mol. The third-order valence-electron chi connectivity index (χ3n) is 4.78. The van der Waals surface area contributed by atoms with Crippen molar-refractivity contribution in [3.8, 4) is 0 Å². The second-order valence-electron chi connectivity index (χ2n) is 7.66. The maximum absolute atomic E-state index is 11.9. The Morgan fingerprint density at radius 2 is 2.07 bits per heavy atom. The van der Waals surface area contributed by atoms with Crippen LogP contribution in [-0.4, -0.2) is 32.7 Å². The first-order chi connectivity index (χ1) is 14.3. The van der Waals surface area contributed by atoms with Crippen molar-refractivity contribution in [1.82, 2.24) is 15.0 Å². The van der Waals surface area contributed by atoms with E-state index in [0.29, 0.717) is 27.2 Å². The van der Waals surface area contributed by atoms with Gasteiger partial charge in [0.05, 0.1) is 12.6 Å². The molecular formula is C21H27ClN4O2S2. The first-order valence-electron chi connectivity index (χ1n) is 10.0. The molecule has 2 aromatic heterocycles. The zero-order valence-electron chi connectivity index (χ0n) is 17.5. The molecule has 0 saturated heterocycles. The van der Waals surface area contributed by atoms with E-state index >= 15 is 0 Å². The summed E-state index contributed by atoms with van der Waals surface area (Å²) in [5.74, 6) is 1.01. The summed E-state index contributed by atoms with van der Waals surface area (Å²) in [6, 6.07) is 5.81. The zero-order chi connectivity index (χ0) is 21.8. The molecule has 2 heterocycles. The largest absolute Gasteiger partial charge is 0.394 e. The lowest BCUT2D eigenvalue weighted by Crippen LogP contribution is -2.26. The van der Waals surface area contributed by atoms with Crippen LogP contribution < -0.4 is 10.2 Å². The van der Waals surface area contributed by atoms with Crippen LogP contribution in [0.5, 0.6) is 0 Å². The standard InChI is InChI=1S/C21H27ClN4O2S2/c1-5-13-9-14(22)6-7-16(13)12(4)29-20-24-18(23-15(10-27)8-11(2)3)17-19(25-20)26-21(28)30-17/h6-7,9,11-12,15,27H,5,8,10H2,1-4H3,(H2,23,24,25,26,28)/t12-,15+/m0/s1. The molecule has 0 aliphatic heterocycles. The number of fused-ring (bicyclic) bond motifs is 1. The number of hydrogen-bond acceptors (Lipinski definition) is 7. The number of nitrogens with zero attached hydrogens (tertiary/aromatic N) is 2. The van der Waals surface area contributed by atoms with Gasteiger partial charge in [-0.25, -0.2) is 9.97 Å². The fourth-order valence-electron chi connectivity index (χ4n) is 3.42. The number of aliphatic hydroxyl groups excluding tert-OH is 1. The molecule has 0 spiro atoms. The van der Waals surface area contributed by atoms with E-state index in [1.807, 2.05) is 18.2 Å². The number of H-pyrrole nitrogens is 1. The van der Waals surface area contributed by atoms with Crippen molar-refractivity contribution < 1.29 is 5.11 Å². The summed E-state index contributed by atoms with van der Waals surface area (Å²) in [6.45, 7) is 8.42. The molecule has 1 aromatic carbocycles. The van der Waals surface area contributed by atoms with Crippen molar-refractivity contribution in [3.05, 3.63) is 44.0 Å². The fraction of sp³-hybridized carbons (Fsp3) is 0.476. The summed E-state index contributed by atoms with van der Waals surface area (Å²) in [4.78, 5) is 23.8. The number of rotatable bonds is 9. The topological polar surface area (TPSA) is 90.9 Å². The van der Waals surface area contributed by atoms with Gasteiger partial charge in [-0.1, -0.05) is 61.5 Å². The highest BCUT2D eigenvalue weighted by atomic mass is 35.5. The highest BCUT2D eigenvalue weighted by Gasteiger charge is 2.19. The molecule has 3 aromatic rings. The lowest BCUT2D eigenvalue weighted by atomic mass is 10.0. The number of halogens is 1. The first kappa shape index (κ1) is 23.1. The van der Waals surface area contributed by atoms with Gasteiger partial charge in [0.25, 0.3) is 0 Å². The lowest BCUT2D eigenvalue weighted by molar-refractivity contribution is 0.259. The molecule has 0 unspecified atom stereocenters. The van der Waals surface area contributed by atoms with E-state index in [9.17, 15) is 9.90 Å². The highest BCUT2D eigenvalue weighted by molar-refractivity contribution is 7.99. The predicted molar refractivity (Wildman–Crippen MR) is 127 cm³/mol. The van der Waals surface area contributed by atoms with Gasteiger partial charge in [-0.3, -0.25) is 9.78 Å². The third-order valence-corrected chi connectivity index (χ3v) is 6.90. The Morgan fingerprint density at radius 1 is 1.30 bits per heavy atom. The molecule has 162 valence electrons. The van der Waals surface area contributed by atoms with Crippen molar-refractivity contribution in [2.45, 2.75) is 57.0 Å². The number of anilines is 1. The van der Waals surface area contributed by atoms with Gasteiger partial charge < -0.3 is 10.4 Å². The Bertz CT molecular complexity index is 1070. The molecule has 0 fully saturated rings. The number of benzene rings is 1. The Balaban J connectivity index is 1.93. The van der Waals surface area contributed by atoms with Crippen molar-refractivity contribution >= 4 is 50.9 Å². The number of aryl methyl sites for hydroxylation is 1. The van der Waals surface area contributed by atoms with Gasteiger partial charge in [0.15, 0.2) is 16.6 Å². The van der Waals surface area contributed by atoms with E-state index in [1.165, 1.54) is 22.9 Å². The second kappa shape index (κ2) is 10.1. The molecule has 0 bridgehead atoms. The Kier molecular flexibility index (Phi) is 7.79. The van der Waals surface area contributed by atoms with E-state index in [2.05, 4.69) is 43.0 Å². The summed E-state index contributed by atoms with van der Waals surface area (Å²) in [5.41, 5.74) is 2.91. The van der Waals surface area contributed by atoms with Crippen LogP contribution in [-0.2, 0) is 6.42 Å². The second-order valence-corrected chi connectivity index (χ2v) is 10.4. The number of thiazole rings is 1. The zero-order valence-corrected chi connectivity index (χ0v) is 19.9. The minimum Gasteiger partial charge on any atom is -0.394 e. The van der Waals surface area contributed by atoms with Crippen LogP contribution in [0.15, 0.2) is 28.2 Å². The van der Waals surface area contributed by atoms with Gasteiger partial charge in [-0.15, -0.1) is 0 Å². The molecule has 0 aliphatic carbocycles. The Morgan fingerprint density at radius 3 is 2.73 bits per heavy atom. The van der Waals surface area contributed by atoms with E-state index in [4.69, 9.17) is 16.6 Å². The van der Waals surface area contributed by atoms with Gasteiger partial charge >= 0.3 is 4.87 Å². The van der Waals surface area contributed by atoms with Crippen molar-refractivity contribution in [2.24, 2.45) is 5.92 Å². The number of nitrogens with one attached hydrogen (secondary N) is 2. The summed E-state index contributed by atoms with van der Waals surface area (Å²) in [6.07, 6.45) is 1.68. The van der Waals surface area contributed by atoms with Crippen LogP contribution in [0.1, 0.15) is 50.5 Å². The van der Waals surface area contributed by atoms with Crippen LogP contribution in [0.2, 0.25) is 5.02 Å². The number of aliphatic hydroxyl groups is 1. The van der Waals surface area contributed by atoms with E-state index < -0.39 is 0 Å². The minimum atomic E-state index is -0.173. The lowest BCUT2D eigenvalue weighted by Gasteiger charge is -2.20. The Hall–Kier alpha value is -1.61. The smallest absolute Gasteiger partial charge is 0.306 e. The maximum atomic E-state index is 11.9. The van der Waals surface area contributed by atoms with Crippen molar-refractivity contribution in [2.75, 3.05) is 11.9 Å². The quantitative estimate of drug-likeness (QED) is 0.294. The average molecular weight is 467 g/mol. The summed E-state index contributed by atoms with van der Waals surface area (Å²) < 4.78 is 0.681. The van der Waals surface area contributed by atoms with Gasteiger partial charge in [0.1, 0.15) is 4.70 Å². The predicted octanol–water partition coefficient (Wildman–Crippen LogP) is 5.27. The number of aromatic amines is 1. The first-order valence-corrected chi connectivity index (χ1v) is 12.1. The van der Waals surface area contributed by atoms with E-state index in [1.54, 1.807) is 0 Å². The number of hydrogen-bond donors (Lipinski definition) is 3. The van der Waals surface area contributed by atoms with Crippen LogP contribution in [0, 0.1) is 5.92 Å². The van der Waals surface area contributed by atoms with Gasteiger partial charge in [0, 0.05) is 10.3 Å². The van der Waals surface area contributed by atoms with Crippen LogP contribution in [0.3, 0.4) is 0 Å². The Labute approximate surface area is 189 Å². The monoisotopic (exact) mass is 466 g/mol. The third kappa shape index (κ3) is 5.55. The van der Waals surface area contributed by atoms with Gasteiger partial charge in [-0.2, -0.15) is 0 Å². The molecule has 9 heteroatoms. The summed E-state index contributed by atoms with van der Waals surface area (Å²) in [5, 5.41) is 14.5. The van der Waals surface area contributed by atoms with E-state index in [0.717, 1.165) is 29.2 Å². The molecule has 0 radical (unpaired) electrons. The molecule has 3 rings (SSSR count). The summed E-state index contributed by atoms with van der Waals surface area (Å²) in [7, 11) is 0. The van der Waals surface area contributed by atoms with Gasteiger partial charge in [-0.05, 0) is 48.9 Å². The number of aromatic nitrogens is 3. The molecule has 30 heavy (non-hydrogen) atoms. The summed E-state index contributed by atoms with van der Waals surface area (Å²) >= 11 is 8.77. The van der Waals surface area contributed by atoms with Crippen LogP contribution in [0.4, 0.5) is 5.82 Å². The molecule has 6 nitrogen and oxygen atoms in total. The molecule has 2 atom stereocenters. The van der Waals surface area contributed by atoms with E-state index in [-0.39, 0.29) is 22.8 Å². The molecule has 0 amide bonds. The van der Waals surface area contributed by atoms with Crippen LogP contribution >= 0.6 is 34.7 Å². The normalized spacial score (nSPS) is 13.7. The van der Waals surface area contributed by atoms with Crippen molar-refractivity contribution in [1.29, 1.82) is 0 Å². The maximum Gasteiger partial charge on any atom is 0.306 e. The SMILES string of the molecule is CCc1cc(Cl)ccc1[C@H](C)Sc1nc(N[C@@H](CO)CC(C)C)c2sc(=O)[nH]c2n1. The fourth-order valence-corrected chi connectivity index (χ4v) is 5.30. The van der Waals surface area contributed by atoms with Crippen molar-refractivity contribution in [3.63, 3.8) is 0 Å². The average Bonchev–Trinajstić information content (AvgIpc) is 3.07. The van der Waals surface area contributed by atoms with Gasteiger partial charge in [0.2, 0.25) is 0 Å². The molecule has 0 saturated carbocycles. The molecule has 0 aliphatic rings. The van der Waals surface area contributed by atoms with Crippen LogP contribution in [0.25, 0.3) is 10.3 Å². The molecule has 3 N–H and O–H groups in total.